The van der Waals surface area contributed by atoms with Crippen LogP contribution in [0.5, 0.6) is 0 Å². The molecule has 1 aromatic rings. The van der Waals surface area contributed by atoms with Crippen LogP contribution in [0, 0.1) is 6.92 Å². The summed E-state index contributed by atoms with van der Waals surface area (Å²) in [5, 5.41) is 7.45. The number of benzene rings is 1. The van der Waals surface area contributed by atoms with Crippen LogP contribution in [0.15, 0.2) is 24.3 Å². The Bertz CT molecular complexity index is 509. The lowest BCUT2D eigenvalue weighted by molar-refractivity contribution is -0.123. The minimum atomic E-state index is -0.544. The van der Waals surface area contributed by atoms with Crippen LogP contribution >= 0.6 is 0 Å². The molecule has 4 amide bonds. The molecule has 0 radical (unpaired) electrons. The molecule has 1 aliphatic rings. The lowest BCUT2D eigenvalue weighted by atomic mass is 10.1. The average molecular weight is 275 g/mol. The van der Waals surface area contributed by atoms with E-state index in [2.05, 4.69) is 16.0 Å². The normalized spacial score (nSPS) is 18.1. The molecule has 1 fully saturated rings. The van der Waals surface area contributed by atoms with E-state index < -0.39 is 12.1 Å². The fourth-order valence-corrected chi connectivity index (χ4v) is 2.00. The SMILES string of the molecule is Cc1ccc(CNC(=O)CC2CC(=O)NC(=O)N2)cc1. The molecular weight excluding hydrogens is 258 g/mol. The molecule has 1 heterocycles. The van der Waals surface area contributed by atoms with Gasteiger partial charge in [0.1, 0.15) is 0 Å². The minimum Gasteiger partial charge on any atom is -0.352 e. The van der Waals surface area contributed by atoms with Crippen molar-refractivity contribution in [2.24, 2.45) is 0 Å². The Balaban J connectivity index is 1.79. The zero-order valence-electron chi connectivity index (χ0n) is 11.2. The summed E-state index contributed by atoms with van der Waals surface area (Å²) in [7, 11) is 0. The second kappa shape index (κ2) is 6.18. The summed E-state index contributed by atoms with van der Waals surface area (Å²) in [6.07, 6.45) is 0.231. The van der Waals surface area contributed by atoms with Crippen molar-refractivity contribution in [3.63, 3.8) is 0 Å². The molecule has 1 unspecified atom stereocenters. The first-order chi connectivity index (χ1) is 9.52. The fraction of sp³-hybridized carbons (Fsp3) is 0.357. The second-order valence-electron chi connectivity index (χ2n) is 4.89. The third-order valence-electron chi connectivity index (χ3n) is 3.06. The maximum Gasteiger partial charge on any atom is 0.321 e. The van der Waals surface area contributed by atoms with Gasteiger partial charge in [-0.3, -0.25) is 14.9 Å². The van der Waals surface area contributed by atoms with Crippen LogP contribution in [-0.2, 0) is 16.1 Å². The number of hydrogen-bond acceptors (Lipinski definition) is 3. The van der Waals surface area contributed by atoms with Crippen molar-refractivity contribution < 1.29 is 14.4 Å². The smallest absolute Gasteiger partial charge is 0.321 e. The van der Waals surface area contributed by atoms with E-state index in [1.54, 1.807) is 0 Å². The van der Waals surface area contributed by atoms with Gasteiger partial charge >= 0.3 is 6.03 Å². The number of carbonyl (C=O) groups excluding carboxylic acids is 3. The van der Waals surface area contributed by atoms with Gasteiger partial charge in [-0.25, -0.2) is 4.79 Å². The largest absolute Gasteiger partial charge is 0.352 e. The van der Waals surface area contributed by atoms with Crippen molar-refractivity contribution in [1.82, 2.24) is 16.0 Å². The van der Waals surface area contributed by atoms with Crippen LogP contribution in [0.3, 0.4) is 0 Å². The Hall–Kier alpha value is -2.37. The van der Waals surface area contributed by atoms with Crippen LogP contribution in [-0.4, -0.2) is 23.9 Å². The van der Waals surface area contributed by atoms with Crippen molar-refractivity contribution in [1.29, 1.82) is 0 Å². The Morgan fingerprint density at radius 1 is 1.30 bits per heavy atom. The quantitative estimate of drug-likeness (QED) is 0.752. The van der Waals surface area contributed by atoms with Gasteiger partial charge in [0.05, 0.1) is 0 Å². The van der Waals surface area contributed by atoms with Crippen molar-refractivity contribution in [3.8, 4) is 0 Å². The number of rotatable bonds is 4. The van der Waals surface area contributed by atoms with Gasteiger partial charge in [0, 0.05) is 25.4 Å². The highest BCUT2D eigenvalue weighted by molar-refractivity contribution is 5.97. The summed E-state index contributed by atoms with van der Waals surface area (Å²) in [6.45, 7) is 2.44. The summed E-state index contributed by atoms with van der Waals surface area (Å²) in [5.41, 5.74) is 2.17. The first-order valence-electron chi connectivity index (χ1n) is 6.45. The molecule has 0 saturated carbocycles. The van der Waals surface area contributed by atoms with Crippen molar-refractivity contribution in [3.05, 3.63) is 35.4 Å². The van der Waals surface area contributed by atoms with Gasteiger partial charge in [-0.2, -0.15) is 0 Å². The lowest BCUT2D eigenvalue weighted by Crippen LogP contribution is -2.53. The van der Waals surface area contributed by atoms with E-state index in [9.17, 15) is 14.4 Å². The topological polar surface area (TPSA) is 87.3 Å². The first kappa shape index (κ1) is 14.0. The van der Waals surface area contributed by atoms with Gasteiger partial charge in [0.2, 0.25) is 11.8 Å². The first-order valence-corrected chi connectivity index (χ1v) is 6.45. The average Bonchev–Trinajstić information content (AvgIpc) is 2.37. The van der Waals surface area contributed by atoms with Crippen molar-refractivity contribution in [2.45, 2.75) is 32.4 Å². The predicted octanol–water partition coefficient (Wildman–Crippen LogP) is 0.599. The Morgan fingerprint density at radius 2 is 2.00 bits per heavy atom. The second-order valence-corrected chi connectivity index (χ2v) is 4.89. The molecule has 2 rings (SSSR count). The molecule has 0 spiro atoms. The summed E-state index contributed by atoms with van der Waals surface area (Å²) >= 11 is 0. The molecule has 0 aliphatic carbocycles. The summed E-state index contributed by atoms with van der Waals surface area (Å²) in [4.78, 5) is 34.0. The van der Waals surface area contributed by atoms with Crippen LogP contribution in [0.1, 0.15) is 24.0 Å². The summed E-state index contributed by atoms with van der Waals surface area (Å²) in [5.74, 6) is -0.546. The van der Waals surface area contributed by atoms with Gasteiger partial charge < -0.3 is 10.6 Å². The standard InChI is InChI=1S/C14H17N3O3/c1-9-2-4-10(5-3-9)8-15-12(18)6-11-7-13(19)17-14(20)16-11/h2-5,11H,6-8H2,1H3,(H,15,18)(H2,16,17,19,20). The Labute approximate surface area is 116 Å². The maximum absolute atomic E-state index is 11.8. The molecule has 1 aromatic carbocycles. The van der Waals surface area contributed by atoms with E-state index in [1.807, 2.05) is 31.2 Å². The molecule has 6 nitrogen and oxygen atoms in total. The molecule has 1 atom stereocenters. The van der Waals surface area contributed by atoms with Crippen LogP contribution in [0.25, 0.3) is 0 Å². The highest BCUT2D eigenvalue weighted by atomic mass is 16.2. The monoisotopic (exact) mass is 275 g/mol. The number of hydrogen-bond donors (Lipinski definition) is 3. The van der Waals surface area contributed by atoms with E-state index in [4.69, 9.17) is 0 Å². The highest BCUT2D eigenvalue weighted by Gasteiger charge is 2.25. The molecule has 0 aromatic heterocycles. The molecule has 1 saturated heterocycles. The number of amides is 4. The van der Waals surface area contributed by atoms with Crippen LogP contribution in [0.2, 0.25) is 0 Å². The van der Waals surface area contributed by atoms with Gasteiger partial charge in [-0.1, -0.05) is 29.8 Å². The zero-order chi connectivity index (χ0) is 14.5. The molecule has 106 valence electrons. The van der Waals surface area contributed by atoms with Crippen LogP contribution < -0.4 is 16.0 Å². The summed E-state index contributed by atoms with van der Waals surface area (Å²) in [6, 6.07) is 6.88. The number of nitrogens with one attached hydrogen (secondary N) is 3. The third kappa shape index (κ3) is 4.08. The van der Waals surface area contributed by atoms with Crippen molar-refractivity contribution >= 4 is 17.8 Å². The molecule has 6 heteroatoms. The van der Waals surface area contributed by atoms with Gasteiger partial charge in [-0.15, -0.1) is 0 Å². The van der Waals surface area contributed by atoms with Crippen LogP contribution in [0.4, 0.5) is 4.79 Å². The molecular formula is C14H17N3O3. The Morgan fingerprint density at radius 3 is 2.65 bits per heavy atom. The molecule has 1 aliphatic heterocycles. The zero-order valence-corrected chi connectivity index (χ0v) is 11.2. The van der Waals surface area contributed by atoms with Gasteiger partial charge in [0.25, 0.3) is 0 Å². The minimum absolute atomic E-state index is 0.102. The van der Waals surface area contributed by atoms with E-state index in [1.165, 1.54) is 0 Å². The number of carbonyl (C=O) groups is 3. The summed E-state index contributed by atoms with van der Waals surface area (Å²) < 4.78 is 0. The Kier molecular flexibility index (Phi) is 4.34. The number of aryl methyl sites for hydroxylation is 1. The van der Waals surface area contributed by atoms with Gasteiger partial charge in [-0.05, 0) is 12.5 Å². The molecule has 3 N–H and O–H groups in total. The molecule has 0 bridgehead atoms. The highest BCUT2D eigenvalue weighted by Crippen LogP contribution is 2.05. The van der Waals surface area contributed by atoms with E-state index in [-0.39, 0.29) is 24.7 Å². The van der Waals surface area contributed by atoms with E-state index in [0.29, 0.717) is 6.54 Å². The fourth-order valence-electron chi connectivity index (χ4n) is 2.00. The van der Waals surface area contributed by atoms with E-state index >= 15 is 0 Å². The predicted molar refractivity (Wildman–Crippen MR) is 72.7 cm³/mol. The third-order valence-corrected chi connectivity index (χ3v) is 3.06. The van der Waals surface area contributed by atoms with Crippen molar-refractivity contribution in [2.75, 3.05) is 0 Å². The number of imide groups is 1. The molecule has 20 heavy (non-hydrogen) atoms. The maximum atomic E-state index is 11.8. The lowest BCUT2D eigenvalue weighted by Gasteiger charge is -2.22. The number of urea groups is 1. The van der Waals surface area contributed by atoms with Gasteiger partial charge in [0.15, 0.2) is 0 Å². The van der Waals surface area contributed by atoms with E-state index in [0.717, 1.165) is 11.1 Å².